The van der Waals surface area contributed by atoms with E-state index in [9.17, 15) is 9.59 Å². The molecule has 3 aliphatic rings. The first-order valence-corrected chi connectivity index (χ1v) is 12.1. The number of amides is 2. The summed E-state index contributed by atoms with van der Waals surface area (Å²) >= 11 is 0. The van der Waals surface area contributed by atoms with Gasteiger partial charge < -0.3 is 4.74 Å². The number of hydrogen-bond acceptors (Lipinski definition) is 3. The second-order valence-corrected chi connectivity index (χ2v) is 9.41. The second kappa shape index (κ2) is 8.28. The average molecular weight is 450 g/mol. The zero-order valence-corrected chi connectivity index (χ0v) is 19.2. The summed E-state index contributed by atoms with van der Waals surface area (Å²) in [6.45, 7) is 2.70. The van der Waals surface area contributed by atoms with E-state index in [2.05, 4.69) is 31.2 Å². The Morgan fingerprint density at radius 3 is 1.71 bits per heavy atom. The molecule has 2 fully saturated rings. The number of hydrogen-bond donors (Lipinski definition) is 0. The lowest BCUT2D eigenvalue weighted by Crippen LogP contribution is -2.32. The molecule has 2 aliphatic carbocycles. The minimum atomic E-state index is -0.295. The van der Waals surface area contributed by atoms with Gasteiger partial charge in [-0.2, -0.15) is 0 Å². The van der Waals surface area contributed by atoms with Crippen molar-refractivity contribution in [1.29, 1.82) is 0 Å². The number of carbonyl (C=O) groups excluding carboxylic acids is 2. The first-order chi connectivity index (χ1) is 16.7. The van der Waals surface area contributed by atoms with Crippen molar-refractivity contribution in [1.82, 2.24) is 0 Å². The molecule has 0 radical (unpaired) electrons. The van der Waals surface area contributed by atoms with Gasteiger partial charge >= 0.3 is 0 Å². The molecule has 170 valence electrons. The lowest BCUT2D eigenvalue weighted by atomic mass is 9.73. The smallest absolute Gasteiger partial charge is 0.238 e. The number of nitrogens with zero attached hydrogens (tertiary/aromatic N) is 1. The Hall–Kier alpha value is -3.66. The number of ether oxygens (including phenoxy) is 1. The van der Waals surface area contributed by atoms with Crippen molar-refractivity contribution in [2.45, 2.75) is 19.8 Å². The molecular weight excluding hydrogens is 422 g/mol. The topological polar surface area (TPSA) is 46.6 Å². The van der Waals surface area contributed by atoms with Crippen LogP contribution in [0.4, 0.5) is 5.69 Å². The number of benzene rings is 3. The Kier molecular flexibility index (Phi) is 5.09. The third kappa shape index (κ3) is 3.12. The summed E-state index contributed by atoms with van der Waals surface area (Å²) in [6.07, 6.45) is 1.79. The van der Waals surface area contributed by atoms with Crippen LogP contribution in [0.25, 0.3) is 11.1 Å². The van der Waals surface area contributed by atoms with Crippen LogP contribution in [0, 0.1) is 23.7 Å². The zero-order valence-electron chi connectivity index (χ0n) is 19.2. The van der Waals surface area contributed by atoms with E-state index in [-0.39, 0.29) is 35.5 Å². The van der Waals surface area contributed by atoms with Gasteiger partial charge in [-0.1, -0.05) is 67.6 Å². The van der Waals surface area contributed by atoms with Crippen molar-refractivity contribution in [2.24, 2.45) is 23.7 Å². The van der Waals surface area contributed by atoms with Crippen LogP contribution in [0.1, 0.15) is 30.9 Å². The average Bonchev–Trinajstić information content (AvgIpc) is 3.53. The third-order valence-corrected chi connectivity index (χ3v) is 7.54. The van der Waals surface area contributed by atoms with E-state index in [1.807, 2.05) is 60.7 Å². The standard InChI is InChI=1S/C30H27NO3/c1-2-17-34-22-15-13-21(14-16-22)31-29(32)27-23-18-24(28(27)30(31)33)26(20-11-7-4-8-12-20)25(23)19-9-5-3-6-10-19/h3-16,23-24,27-28H,2,17-18H2,1H3/t23-,24-,27-,28?/m1/s1. The molecule has 4 nitrogen and oxygen atoms in total. The zero-order chi connectivity index (χ0) is 23.2. The minimum absolute atomic E-state index is 0.0567. The Morgan fingerprint density at radius 2 is 1.24 bits per heavy atom. The van der Waals surface area contributed by atoms with Crippen molar-refractivity contribution in [2.75, 3.05) is 11.5 Å². The molecule has 0 spiro atoms. The summed E-state index contributed by atoms with van der Waals surface area (Å²) in [7, 11) is 0. The van der Waals surface area contributed by atoms with Gasteiger partial charge in [-0.25, -0.2) is 0 Å². The van der Waals surface area contributed by atoms with Crippen LogP contribution < -0.4 is 9.64 Å². The minimum Gasteiger partial charge on any atom is -0.494 e. The lowest BCUT2D eigenvalue weighted by Gasteiger charge is -2.27. The fourth-order valence-electron chi connectivity index (χ4n) is 6.26. The molecule has 6 rings (SSSR count). The van der Waals surface area contributed by atoms with Crippen LogP contribution in [-0.4, -0.2) is 18.4 Å². The van der Waals surface area contributed by atoms with E-state index in [1.54, 1.807) is 0 Å². The second-order valence-electron chi connectivity index (χ2n) is 9.41. The fourth-order valence-corrected chi connectivity index (χ4v) is 6.26. The molecule has 1 heterocycles. The van der Waals surface area contributed by atoms with Gasteiger partial charge in [0.15, 0.2) is 0 Å². The molecular formula is C30H27NO3. The van der Waals surface area contributed by atoms with E-state index in [4.69, 9.17) is 4.74 Å². The van der Waals surface area contributed by atoms with Gasteiger partial charge in [0.25, 0.3) is 0 Å². The number of anilines is 1. The Labute approximate surface area is 199 Å². The number of fused-ring (bicyclic) bond motifs is 5. The Morgan fingerprint density at radius 1 is 0.735 bits per heavy atom. The highest BCUT2D eigenvalue weighted by Crippen LogP contribution is 2.63. The first-order valence-electron chi connectivity index (χ1n) is 12.1. The molecule has 34 heavy (non-hydrogen) atoms. The summed E-state index contributed by atoms with van der Waals surface area (Å²) in [5, 5.41) is 0. The van der Waals surface area contributed by atoms with E-state index in [0.717, 1.165) is 29.7 Å². The van der Waals surface area contributed by atoms with Crippen molar-refractivity contribution in [3.05, 3.63) is 96.1 Å². The molecule has 1 unspecified atom stereocenters. The fraction of sp³-hybridized carbons (Fsp3) is 0.267. The van der Waals surface area contributed by atoms with Crippen LogP contribution in [0.3, 0.4) is 0 Å². The summed E-state index contributed by atoms with van der Waals surface area (Å²) in [5.74, 6) is 0.148. The van der Waals surface area contributed by atoms with Gasteiger partial charge in [0.1, 0.15) is 5.75 Å². The number of rotatable bonds is 6. The Bertz CT molecular complexity index is 1190. The molecule has 4 atom stereocenters. The van der Waals surface area contributed by atoms with Gasteiger partial charge in [0.05, 0.1) is 24.1 Å². The predicted molar refractivity (Wildman–Crippen MR) is 133 cm³/mol. The highest BCUT2D eigenvalue weighted by atomic mass is 16.5. The number of imide groups is 1. The van der Waals surface area contributed by atoms with Gasteiger partial charge in [-0.05, 0) is 71.2 Å². The van der Waals surface area contributed by atoms with Crippen molar-refractivity contribution >= 4 is 28.6 Å². The summed E-state index contributed by atoms with van der Waals surface area (Å²) in [6, 6.07) is 28.1. The van der Waals surface area contributed by atoms with Gasteiger partial charge in [-0.15, -0.1) is 0 Å². The summed E-state index contributed by atoms with van der Waals surface area (Å²) < 4.78 is 5.68. The van der Waals surface area contributed by atoms with Crippen molar-refractivity contribution in [3.63, 3.8) is 0 Å². The maximum absolute atomic E-state index is 13.7. The molecule has 2 bridgehead atoms. The van der Waals surface area contributed by atoms with Gasteiger partial charge in [0.2, 0.25) is 11.8 Å². The monoisotopic (exact) mass is 449 g/mol. The Balaban J connectivity index is 1.39. The van der Waals surface area contributed by atoms with E-state index in [1.165, 1.54) is 16.0 Å². The van der Waals surface area contributed by atoms with Crippen LogP contribution in [0.15, 0.2) is 84.9 Å². The molecule has 1 saturated carbocycles. The third-order valence-electron chi connectivity index (χ3n) is 7.54. The quantitative estimate of drug-likeness (QED) is 0.444. The SMILES string of the molecule is CCCOc1ccc(N2C(=O)C3[C@@H]4C[C@H](C(c5ccccc5)=C4c4ccccc4)[C@H]3C2=O)cc1. The van der Waals surface area contributed by atoms with E-state index < -0.39 is 0 Å². The summed E-state index contributed by atoms with van der Waals surface area (Å²) in [4.78, 5) is 28.9. The number of carbonyl (C=O) groups is 2. The summed E-state index contributed by atoms with van der Waals surface area (Å²) in [5.41, 5.74) is 5.43. The van der Waals surface area contributed by atoms with Crippen molar-refractivity contribution < 1.29 is 14.3 Å². The van der Waals surface area contributed by atoms with Gasteiger partial charge in [-0.3, -0.25) is 14.5 Å². The molecule has 2 amide bonds. The first kappa shape index (κ1) is 20.9. The molecule has 0 aromatic heterocycles. The van der Waals surface area contributed by atoms with Crippen LogP contribution in [0.2, 0.25) is 0 Å². The number of allylic oxidation sites excluding steroid dienone is 2. The predicted octanol–water partition coefficient (Wildman–Crippen LogP) is 5.84. The highest BCUT2D eigenvalue weighted by Gasteiger charge is 2.64. The molecule has 0 N–H and O–H groups in total. The maximum Gasteiger partial charge on any atom is 0.238 e. The van der Waals surface area contributed by atoms with Gasteiger partial charge in [0, 0.05) is 0 Å². The van der Waals surface area contributed by atoms with Crippen LogP contribution in [-0.2, 0) is 9.59 Å². The molecule has 1 saturated heterocycles. The lowest BCUT2D eigenvalue weighted by molar-refractivity contribution is -0.123. The van der Waals surface area contributed by atoms with Crippen LogP contribution >= 0.6 is 0 Å². The molecule has 3 aromatic carbocycles. The van der Waals surface area contributed by atoms with Crippen molar-refractivity contribution in [3.8, 4) is 5.75 Å². The maximum atomic E-state index is 13.7. The van der Waals surface area contributed by atoms with E-state index >= 15 is 0 Å². The normalized spacial score (nSPS) is 25.3. The molecule has 3 aromatic rings. The molecule has 4 heteroatoms. The van der Waals surface area contributed by atoms with Crippen LogP contribution in [0.5, 0.6) is 5.75 Å². The largest absolute Gasteiger partial charge is 0.494 e. The highest BCUT2D eigenvalue weighted by molar-refractivity contribution is 6.24. The van der Waals surface area contributed by atoms with E-state index in [0.29, 0.717) is 12.3 Å². The molecule has 1 aliphatic heterocycles.